The minimum atomic E-state index is -1.24. The largest absolute Gasteiger partial charge is 0.496 e. The average molecular weight is 455 g/mol. The fourth-order valence-electron chi connectivity index (χ4n) is 5.10. The van der Waals surface area contributed by atoms with E-state index in [1.807, 2.05) is 42.6 Å². The summed E-state index contributed by atoms with van der Waals surface area (Å²) < 4.78 is 5.57. The lowest BCUT2D eigenvalue weighted by atomic mass is 9.75. The van der Waals surface area contributed by atoms with Gasteiger partial charge in [-0.15, -0.1) is 11.3 Å². The molecule has 1 aromatic carbocycles. The highest BCUT2D eigenvalue weighted by atomic mass is 32.1. The number of likely N-dealkylation sites (tertiary alicyclic amines) is 1. The Hall–Kier alpha value is -2.67. The first kappa shape index (κ1) is 22.5. The molecule has 0 spiro atoms. The molecule has 0 unspecified atom stereocenters. The molecule has 1 saturated heterocycles. The van der Waals surface area contributed by atoms with E-state index in [4.69, 9.17) is 4.74 Å². The van der Waals surface area contributed by atoms with Gasteiger partial charge < -0.3 is 9.64 Å². The third-order valence-corrected chi connectivity index (χ3v) is 8.09. The molecule has 1 aliphatic heterocycles. The van der Waals surface area contributed by atoms with E-state index in [0.717, 1.165) is 30.6 Å². The minimum absolute atomic E-state index is 0.00430. The summed E-state index contributed by atoms with van der Waals surface area (Å²) in [5.74, 6) is -0.0751. The first-order chi connectivity index (χ1) is 15.4. The van der Waals surface area contributed by atoms with Gasteiger partial charge in [0.25, 0.3) is 0 Å². The topological polar surface area (TPSA) is 66.9 Å². The van der Waals surface area contributed by atoms with Gasteiger partial charge in [0.2, 0.25) is 17.7 Å². The Morgan fingerprint density at radius 2 is 1.94 bits per heavy atom. The Morgan fingerprint density at radius 1 is 1.22 bits per heavy atom. The van der Waals surface area contributed by atoms with Crippen molar-refractivity contribution in [3.8, 4) is 5.75 Å². The van der Waals surface area contributed by atoms with Crippen molar-refractivity contribution in [3.05, 3.63) is 52.2 Å². The standard InChI is InChI=1S/C25H30N2O4S/c1-17(21-13-8-14-32-21)26(2)22(28)15-25(19-11-6-7-12-20(19)31-3)16-23(29)27(24(25)30)18-9-4-5-10-18/h6-8,11-14,17-18H,4-5,9-10,15-16H2,1-3H3/t17-,25-/m0/s1. The van der Waals surface area contributed by atoms with Gasteiger partial charge in [0.15, 0.2) is 0 Å². The summed E-state index contributed by atoms with van der Waals surface area (Å²) in [5, 5.41) is 1.99. The molecule has 170 valence electrons. The highest BCUT2D eigenvalue weighted by Gasteiger charge is 2.57. The SMILES string of the molecule is COc1ccccc1[C@]1(CC(=O)N(C)[C@@H](C)c2cccs2)CC(=O)N(C2CCCC2)C1=O. The fraction of sp³-hybridized carbons (Fsp3) is 0.480. The zero-order valence-electron chi connectivity index (χ0n) is 18.9. The van der Waals surface area contributed by atoms with Gasteiger partial charge in [-0.05, 0) is 37.3 Å². The van der Waals surface area contributed by atoms with Crippen LogP contribution in [0.1, 0.15) is 61.9 Å². The Bertz CT molecular complexity index is 999. The number of methoxy groups -OCH3 is 1. The lowest BCUT2D eigenvalue weighted by molar-refractivity contribution is -0.145. The number of benzene rings is 1. The van der Waals surface area contributed by atoms with E-state index in [0.29, 0.717) is 11.3 Å². The van der Waals surface area contributed by atoms with Crippen LogP contribution in [-0.2, 0) is 19.8 Å². The number of thiophene rings is 1. The Balaban J connectivity index is 1.71. The number of ether oxygens (including phenoxy) is 1. The van der Waals surface area contributed by atoms with Crippen molar-refractivity contribution < 1.29 is 19.1 Å². The minimum Gasteiger partial charge on any atom is -0.496 e. The fourth-order valence-corrected chi connectivity index (χ4v) is 5.92. The maximum Gasteiger partial charge on any atom is 0.241 e. The Morgan fingerprint density at radius 3 is 2.59 bits per heavy atom. The lowest BCUT2D eigenvalue weighted by Crippen LogP contribution is -2.45. The summed E-state index contributed by atoms with van der Waals surface area (Å²) in [6.45, 7) is 1.98. The maximum atomic E-state index is 13.9. The third kappa shape index (κ3) is 3.83. The van der Waals surface area contributed by atoms with E-state index in [9.17, 15) is 14.4 Å². The first-order valence-corrected chi connectivity index (χ1v) is 12.1. The van der Waals surface area contributed by atoms with E-state index >= 15 is 0 Å². The molecule has 4 rings (SSSR count). The molecule has 0 bridgehead atoms. The molecule has 3 amide bonds. The number of hydrogen-bond acceptors (Lipinski definition) is 5. The van der Waals surface area contributed by atoms with Gasteiger partial charge in [-0.25, -0.2) is 0 Å². The molecule has 7 heteroatoms. The maximum absolute atomic E-state index is 13.9. The van der Waals surface area contributed by atoms with E-state index in [1.165, 1.54) is 4.90 Å². The number of carbonyl (C=O) groups excluding carboxylic acids is 3. The predicted octanol–water partition coefficient (Wildman–Crippen LogP) is 4.31. The molecule has 6 nitrogen and oxygen atoms in total. The molecule has 2 fully saturated rings. The summed E-state index contributed by atoms with van der Waals surface area (Å²) in [7, 11) is 3.31. The zero-order valence-corrected chi connectivity index (χ0v) is 19.7. The highest BCUT2D eigenvalue weighted by Crippen LogP contribution is 2.46. The number of para-hydroxylation sites is 1. The van der Waals surface area contributed by atoms with Crippen molar-refractivity contribution >= 4 is 29.1 Å². The van der Waals surface area contributed by atoms with Crippen molar-refractivity contribution in [2.45, 2.75) is 62.9 Å². The summed E-state index contributed by atoms with van der Waals surface area (Å²) in [5.41, 5.74) is -0.626. The molecule has 0 radical (unpaired) electrons. The second-order valence-corrected chi connectivity index (χ2v) is 9.82. The molecule has 1 aliphatic carbocycles. The first-order valence-electron chi connectivity index (χ1n) is 11.2. The van der Waals surface area contributed by atoms with Crippen molar-refractivity contribution in [1.82, 2.24) is 9.80 Å². The van der Waals surface area contributed by atoms with Crippen LogP contribution in [0.5, 0.6) is 5.75 Å². The lowest BCUT2D eigenvalue weighted by Gasteiger charge is -2.33. The molecule has 2 aliphatic rings. The molecule has 32 heavy (non-hydrogen) atoms. The predicted molar refractivity (Wildman–Crippen MR) is 124 cm³/mol. The van der Waals surface area contributed by atoms with Gasteiger partial charge in [-0.3, -0.25) is 19.3 Å². The van der Waals surface area contributed by atoms with Crippen LogP contribution >= 0.6 is 11.3 Å². The van der Waals surface area contributed by atoms with Crippen molar-refractivity contribution in [1.29, 1.82) is 0 Å². The van der Waals surface area contributed by atoms with Crippen LogP contribution in [-0.4, -0.2) is 47.7 Å². The van der Waals surface area contributed by atoms with Crippen LogP contribution in [0.3, 0.4) is 0 Å². The number of amides is 3. The number of nitrogens with zero attached hydrogens (tertiary/aromatic N) is 2. The summed E-state index contributed by atoms with van der Waals surface area (Å²) in [6.07, 6.45) is 3.64. The molecule has 2 heterocycles. The molecular formula is C25H30N2O4S. The van der Waals surface area contributed by atoms with Crippen LogP contribution in [0.25, 0.3) is 0 Å². The van der Waals surface area contributed by atoms with Crippen molar-refractivity contribution in [3.63, 3.8) is 0 Å². The zero-order chi connectivity index (χ0) is 22.9. The van der Waals surface area contributed by atoms with Gasteiger partial charge in [0, 0.05) is 36.4 Å². The van der Waals surface area contributed by atoms with Crippen molar-refractivity contribution in [2.75, 3.05) is 14.2 Å². The van der Waals surface area contributed by atoms with Crippen LogP contribution in [0.4, 0.5) is 0 Å². The van der Waals surface area contributed by atoms with Gasteiger partial charge in [-0.2, -0.15) is 0 Å². The van der Waals surface area contributed by atoms with Gasteiger partial charge in [0.05, 0.1) is 18.6 Å². The Labute approximate surface area is 193 Å². The smallest absolute Gasteiger partial charge is 0.241 e. The summed E-state index contributed by atoms with van der Waals surface area (Å²) in [6, 6.07) is 11.1. The molecule has 2 aromatic rings. The molecule has 1 saturated carbocycles. The Kier molecular flexibility index (Phi) is 6.38. The van der Waals surface area contributed by atoms with Crippen LogP contribution < -0.4 is 4.74 Å². The van der Waals surface area contributed by atoms with Gasteiger partial charge in [-0.1, -0.05) is 37.1 Å². The second-order valence-electron chi connectivity index (χ2n) is 8.84. The van der Waals surface area contributed by atoms with Gasteiger partial charge in [0.1, 0.15) is 5.75 Å². The molecule has 2 atom stereocenters. The molecule has 0 N–H and O–H groups in total. The normalized spacial score (nSPS) is 22.4. The average Bonchev–Trinajstić information content (AvgIpc) is 3.55. The van der Waals surface area contributed by atoms with E-state index in [2.05, 4.69) is 0 Å². The van der Waals surface area contributed by atoms with Crippen LogP contribution in [0.15, 0.2) is 41.8 Å². The molecular weight excluding hydrogens is 424 g/mol. The van der Waals surface area contributed by atoms with E-state index in [-0.39, 0.29) is 42.6 Å². The number of rotatable bonds is 7. The third-order valence-electron chi connectivity index (χ3n) is 7.04. The number of hydrogen-bond donors (Lipinski definition) is 0. The quantitative estimate of drug-likeness (QED) is 0.585. The number of carbonyl (C=O) groups is 3. The van der Waals surface area contributed by atoms with Crippen LogP contribution in [0, 0.1) is 0 Å². The second kappa shape index (κ2) is 9.06. The van der Waals surface area contributed by atoms with Gasteiger partial charge >= 0.3 is 0 Å². The van der Waals surface area contributed by atoms with E-state index in [1.54, 1.807) is 36.5 Å². The van der Waals surface area contributed by atoms with Crippen LogP contribution in [0.2, 0.25) is 0 Å². The monoisotopic (exact) mass is 454 g/mol. The van der Waals surface area contributed by atoms with Crippen molar-refractivity contribution in [2.24, 2.45) is 0 Å². The number of imide groups is 1. The van der Waals surface area contributed by atoms with E-state index < -0.39 is 5.41 Å². The summed E-state index contributed by atoms with van der Waals surface area (Å²) >= 11 is 1.60. The highest BCUT2D eigenvalue weighted by molar-refractivity contribution is 7.10. The molecule has 1 aromatic heterocycles. The summed E-state index contributed by atoms with van der Waals surface area (Å²) in [4.78, 5) is 44.8.